The van der Waals surface area contributed by atoms with E-state index < -0.39 is 0 Å². The summed E-state index contributed by atoms with van der Waals surface area (Å²) in [7, 11) is 0. The zero-order valence-electron chi connectivity index (χ0n) is 11.2. The molecule has 1 aromatic heterocycles. The van der Waals surface area contributed by atoms with Gasteiger partial charge in [0, 0.05) is 15.6 Å². The number of rotatable bonds is 3. The first-order chi connectivity index (χ1) is 8.90. The maximum absolute atomic E-state index is 12.3. The highest BCUT2D eigenvalue weighted by Crippen LogP contribution is 2.24. The number of fused-ring (bicyclic) bond motifs is 1. The first-order valence-electron chi connectivity index (χ1n) is 6.14. The predicted molar refractivity (Wildman–Crippen MR) is 81.2 cm³/mol. The van der Waals surface area contributed by atoms with E-state index in [1.165, 1.54) is 4.68 Å². The van der Waals surface area contributed by atoms with Crippen LogP contribution in [0.1, 0.15) is 32.4 Å². The van der Waals surface area contributed by atoms with Gasteiger partial charge in [0.05, 0.1) is 17.6 Å². The first kappa shape index (κ1) is 13.9. The Labute approximate surface area is 120 Å². The molecule has 2 rings (SSSR count). The molecule has 2 aromatic rings. The van der Waals surface area contributed by atoms with E-state index in [4.69, 9.17) is 5.41 Å². The molecule has 0 aliphatic rings. The lowest BCUT2D eigenvalue weighted by molar-refractivity contribution is 0.637. The number of nitrogens with zero attached hydrogens (tertiary/aromatic N) is 2. The minimum atomic E-state index is -0.140. The second-order valence-corrected chi connectivity index (χ2v) is 5.89. The fraction of sp³-hybridized carbons (Fsp3) is 0.357. The van der Waals surface area contributed by atoms with Crippen LogP contribution in [-0.4, -0.2) is 15.5 Å². The van der Waals surface area contributed by atoms with E-state index in [1.54, 1.807) is 6.92 Å². The van der Waals surface area contributed by atoms with Gasteiger partial charge in [0.15, 0.2) is 0 Å². The van der Waals surface area contributed by atoms with Gasteiger partial charge in [-0.1, -0.05) is 29.8 Å². The van der Waals surface area contributed by atoms with Gasteiger partial charge in [-0.25, -0.2) is 4.68 Å². The van der Waals surface area contributed by atoms with Crippen molar-refractivity contribution in [1.82, 2.24) is 9.78 Å². The van der Waals surface area contributed by atoms with Crippen molar-refractivity contribution in [2.45, 2.75) is 33.2 Å². The Hall–Kier alpha value is -1.49. The topological polar surface area (TPSA) is 58.7 Å². The Bertz CT molecular complexity index is 704. The van der Waals surface area contributed by atoms with Gasteiger partial charge in [0.25, 0.3) is 5.56 Å². The maximum atomic E-state index is 12.3. The average Bonchev–Trinajstić information content (AvgIpc) is 2.31. The molecule has 1 N–H and O–H groups in total. The largest absolute Gasteiger partial charge is 0.308 e. The summed E-state index contributed by atoms with van der Waals surface area (Å²) >= 11 is 3.43. The molecule has 0 atom stereocenters. The van der Waals surface area contributed by atoms with E-state index in [0.29, 0.717) is 11.1 Å². The molecule has 5 heteroatoms. The second-order valence-electron chi connectivity index (χ2n) is 4.97. The van der Waals surface area contributed by atoms with Crippen LogP contribution in [0.25, 0.3) is 10.8 Å². The van der Waals surface area contributed by atoms with Crippen LogP contribution in [-0.2, 0) is 6.54 Å². The Morgan fingerprint density at radius 1 is 1.42 bits per heavy atom. The molecule has 0 unspecified atom stereocenters. The Kier molecular flexibility index (Phi) is 3.85. The molecule has 19 heavy (non-hydrogen) atoms. The van der Waals surface area contributed by atoms with Crippen molar-refractivity contribution in [2.75, 3.05) is 0 Å². The molecule has 0 spiro atoms. The van der Waals surface area contributed by atoms with Crippen LogP contribution in [0.3, 0.4) is 0 Å². The van der Waals surface area contributed by atoms with Crippen LogP contribution >= 0.6 is 15.9 Å². The van der Waals surface area contributed by atoms with Crippen molar-refractivity contribution in [3.63, 3.8) is 0 Å². The highest BCUT2D eigenvalue weighted by molar-refractivity contribution is 9.10. The standard InChI is InChI=1S/C14H16BrN3O/c1-8(2)13-12-6-10(15)4-5-11(12)14(19)18(17-13)7-9(3)16/h4-6,8,16H,7H2,1-3H3. The summed E-state index contributed by atoms with van der Waals surface area (Å²) in [6.45, 7) is 6.02. The molecule has 0 fully saturated rings. The van der Waals surface area contributed by atoms with Crippen molar-refractivity contribution in [3.05, 3.63) is 38.7 Å². The van der Waals surface area contributed by atoms with E-state index in [1.807, 2.05) is 18.2 Å². The molecule has 0 amide bonds. The van der Waals surface area contributed by atoms with E-state index in [2.05, 4.69) is 34.9 Å². The zero-order chi connectivity index (χ0) is 14.2. The quantitative estimate of drug-likeness (QED) is 0.881. The number of hydrogen-bond donors (Lipinski definition) is 1. The smallest absolute Gasteiger partial charge is 0.275 e. The van der Waals surface area contributed by atoms with Gasteiger partial charge in [-0.15, -0.1) is 0 Å². The summed E-state index contributed by atoms with van der Waals surface area (Å²) in [6, 6.07) is 5.60. The van der Waals surface area contributed by atoms with Crippen molar-refractivity contribution < 1.29 is 0 Å². The molecular weight excluding hydrogens is 306 g/mol. The third-order valence-corrected chi connectivity index (χ3v) is 3.38. The third kappa shape index (κ3) is 2.76. The molecule has 1 heterocycles. The lowest BCUT2D eigenvalue weighted by Crippen LogP contribution is -2.27. The maximum Gasteiger partial charge on any atom is 0.275 e. The Morgan fingerprint density at radius 2 is 2.11 bits per heavy atom. The van der Waals surface area contributed by atoms with Gasteiger partial charge >= 0.3 is 0 Å². The van der Waals surface area contributed by atoms with Gasteiger partial charge in [0.1, 0.15) is 0 Å². The second kappa shape index (κ2) is 5.25. The molecule has 0 radical (unpaired) electrons. The lowest BCUT2D eigenvalue weighted by atomic mass is 10.0. The van der Waals surface area contributed by atoms with Crippen molar-refractivity contribution in [1.29, 1.82) is 5.41 Å². The first-order valence-corrected chi connectivity index (χ1v) is 6.93. The highest BCUT2D eigenvalue weighted by Gasteiger charge is 2.13. The van der Waals surface area contributed by atoms with Crippen LogP contribution in [0, 0.1) is 5.41 Å². The summed E-state index contributed by atoms with van der Waals surface area (Å²) in [4.78, 5) is 12.3. The lowest BCUT2D eigenvalue weighted by Gasteiger charge is -2.13. The molecule has 0 saturated heterocycles. The molecular formula is C14H16BrN3O. The van der Waals surface area contributed by atoms with Gasteiger partial charge in [-0.05, 0) is 31.0 Å². The van der Waals surface area contributed by atoms with Crippen molar-refractivity contribution in [3.8, 4) is 0 Å². The molecule has 100 valence electrons. The zero-order valence-corrected chi connectivity index (χ0v) is 12.8. The van der Waals surface area contributed by atoms with Crippen LogP contribution in [0.5, 0.6) is 0 Å². The molecule has 0 saturated carbocycles. The average molecular weight is 322 g/mol. The number of nitrogens with one attached hydrogen (secondary N) is 1. The normalized spacial score (nSPS) is 11.2. The molecule has 0 aliphatic heterocycles. The summed E-state index contributed by atoms with van der Waals surface area (Å²) in [6.07, 6.45) is 0. The number of hydrogen-bond acceptors (Lipinski definition) is 3. The Morgan fingerprint density at radius 3 is 2.68 bits per heavy atom. The van der Waals surface area contributed by atoms with Crippen LogP contribution in [0.15, 0.2) is 27.5 Å². The highest BCUT2D eigenvalue weighted by atomic mass is 79.9. The van der Waals surface area contributed by atoms with Gasteiger partial charge in [-0.2, -0.15) is 5.10 Å². The van der Waals surface area contributed by atoms with Crippen molar-refractivity contribution in [2.24, 2.45) is 0 Å². The van der Waals surface area contributed by atoms with Gasteiger partial charge < -0.3 is 5.41 Å². The Balaban J connectivity index is 2.82. The minimum Gasteiger partial charge on any atom is -0.308 e. The molecule has 4 nitrogen and oxygen atoms in total. The van der Waals surface area contributed by atoms with Gasteiger partial charge in [-0.3, -0.25) is 4.79 Å². The van der Waals surface area contributed by atoms with Crippen molar-refractivity contribution >= 4 is 32.4 Å². The fourth-order valence-corrected chi connectivity index (χ4v) is 2.40. The van der Waals surface area contributed by atoms with E-state index in [0.717, 1.165) is 15.6 Å². The van der Waals surface area contributed by atoms with Crippen LogP contribution < -0.4 is 5.56 Å². The number of aromatic nitrogens is 2. The summed E-state index contributed by atoms with van der Waals surface area (Å²) in [5.41, 5.74) is 1.16. The van der Waals surface area contributed by atoms with E-state index in [9.17, 15) is 4.79 Å². The molecule has 1 aromatic carbocycles. The fourth-order valence-electron chi connectivity index (χ4n) is 2.04. The predicted octanol–water partition coefficient (Wildman–Crippen LogP) is 3.32. The van der Waals surface area contributed by atoms with E-state index in [-0.39, 0.29) is 18.0 Å². The van der Waals surface area contributed by atoms with E-state index >= 15 is 0 Å². The minimum absolute atomic E-state index is 0.140. The summed E-state index contributed by atoms with van der Waals surface area (Å²) in [5.74, 6) is 0.217. The van der Waals surface area contributed by atoms with Crippen LogP contribution in [0.2, 0.25) is 0 Å². The third-order valence-electron chi connectivity index (χ3n) is 2.88. The SMILES string of the molecule is CC(=N)Cn1nc(C(C)C)c2cc(Br)ccc2c1=O. The number of benzene rings is 1. The molecule has 0 aliphatic carbocycles. The summed E-state index contributed by atoms with van der Waals surface area (Å²) < 4.78 is 2.32. The number of halogens is 1. The van der Waals surface area contributed by atoms with Gasteiger partial charge in [0.2, 0.25) is 0 Å². The van der Waals surface area contributed by atoms with Crippen LogP contribution in [0.4, 0.5) is 0 Å². The monoisotopic (exact) mass is 321 g/mol. The molecule has 0 bridgehead atoms. The summed E-state index contributed by atoms with van der Waals surface area (Å²) in [5, 5.41) is 13.5.